The standard InChI is InChI=1S/C15H25NO4/c1-3-7-12(2)11-20-15(19)16(10-14(17)18)13-8-5-4-6-9-13/h3,12-13H,1,4-11H2,2H3,(H,17,18)/t12-/m1/s1. The number of hydrogen-bond donors (Lipinski definition) is 1. The van der Waals surface area contributed by atoms with Crippen LogP contribution in [0.2, 0.25) is 0 Å². The first-order chi connectivity index (χ1) is 9.54. The predicted molar refractivity (Wildman–Crippen MR) is 76.5 cm³/mol. The molecule has 5 heteroatoms. The number of nitrogens with zero attached hydrogens (tertiary/aromatic N) is 1. The topological polar surface area (TPSA) is 66.8 Å². The molecule has 1 aliphatic carbocycles. The van der Waals surface area contributed by atoms with E-state index in [0.29, 0.717) is 6.61 Å². The predicted octanol–water partition coefficient (Wildman–Crippen LogP) is 3.05. The van der Waals surface area contributed by atoms with Crippen molar-refractivity contribution in [1.29, 1.82) is 0 Å². The first-order valence-electron chi connectivity index (χ1n) is 7.30. The fraction of sp³-hybridized carbons (Fsp3) is 0.733. The monoisotopic (exact) mass is 283 g/mol. The van der Waals surface area contributed by atoms with Gasteiger partial charge in [-0.1, -0.05) is 32.3 Å². The summed E-state index contributed by atoms with van der Waals surface area (Å²) in [5.74, 6) is -0.791. The second kappa shape index (κ2) is 8.61. The lowest BCUT2D eigenvalue weighted by Gasteiger charge is -2.32. The van der Waals surface area contributed by atoms with E-state index in [2.05, 4.69) is 6.58 Å². The van der Waals surface area contributed by atoms with Gasteiger partial charge in [0.1, 0.15) is 6.54 Å². The van der Waals surface area contributed by atoms with Gasteiger partial charge in [-0.3, -0.25) is 9.69 Å². The molecule has 1 amide bonds. The van der Waals surface area contributed by atoms with Crippen LogP contribution in [-0.4, -0.2) is 41.3 Å². The van der Waals surface area contributed by atoms with Gasteiger partial charge in [0.15, 0.2) is 0 Å². The molecule has 5 nitrogen and oxygen atoms in total. The molecule has 0 aliphatic heterocycles. The summed E-state index contributed by atoms with van der Waals surface area (Å²) in [5, 5.41) is 8.96. The summed E-state index contributed by atoms with van der Waals surface area (Å²) in [5.41, 5.74) is 0. The molecule has 1 fully saturated rings. The van der Waals surface area contributed by atoms with Crippen molar-refractivity contribution in [1.82, 2.24) is 4.90 Å². The normalized spacial score (nSPS) is 17.2. The number of carboxylic acids is 1. The molecule has 1 aliphatic rings. The van der Waals surface area contributed by atoms with Gasteiger partial charge in [-0.25, -0.2) is 4.79 Å². The first kappa shape index (κ1) is 16.5. The second-order valence-electron chi connectivity index (χ2n) is 5.52. The highest BCUT2D eigenvalue weighted by atomic mass is 16.6. The number of aliphatic carboxylic acids is 1. The Morgan fingerprint density at radius 1 is 1.40 bits per heavy atom. The Balaban J connectivity index is 2.54. The van der Waals surface area contributed by atoms with E-state index >= 15 is 0 Å². The molecule has 0 radical (unpaired) electrons. The lowest BCUT2D eigenvalue weighted by Crippen LogP contribution is -2.45. The van der Waals surface area contributed by atoms with Gasteiger partial charge in [0.2, 0.25) is 0 Å². The Hall–Kier alpha value is -1.52. The van der Waals surface area contributed by atoms with Crippen molar-refractivity contribution >= 4 is 12.1 Å². The van der Waals surface area contributed by atoms with Crippen LogP contribution in [0, 0.1) is 5.92 Å². The third-order valence-electron chi connectivity index (χ3n) is 3.62. The van der Waals surface area contributed by atoms with Gasteiger partial charge in [0.25, 0.3) is 0 Å². The molecular formula is C15H25NO4. The minimum atomic E-state index is -0.994. The number of ether oxygens (including phenoxy) is 1. The van der Waals surface area contributed by atoms with Crippen LogP contribution in [0.15, 0.2) is 12.7 Å². The Labute approximate surface area is 120 Å². The largest absolute Gasteiger partial charge is 0.480 e. The number of rotatable bonds is 7. The van der Waals surface area contributed by atoms with Crippen LogP contribution in [0.25, 0.3) is 0 Å². The van der Waals surface area contributed by atoms with Crippen LogP contribution >= 0.6 is 0 Å². The van der Waals surface area contributed by atoms with Gasteiger partial charge in [0.05, 0.1) is 6.61 Å². The summed E-state index contributed by atoms with van der Waals surface area (Å²) in [6.45, 7) is 5.64. The lowest BCUT2D eigenvalue weighted by molar-refractivity contribution is -0.138. The first-order valence-corrected chi connectivity index (χ1v) is 7.30. The molecule has 1 atom stereocenters. The zero-order chi connectivity index (χ0) is 15.0. The molecular weight excluding hydrogens is 258 g/mol. The van der Waals surface area contributed by atoms with Gasteiger partial charge in [-0.2, -0.15) is 0 Å². The van der Waals surface area contributed by atoms with E-state index in [-0.39, 0.29) is 18.5 Å². The zero-order valence-corrected chi connectivity index (χ0v) is 12.2. The average Bonchev–Trinajstić information content (AvgIpc) is 2.43. The van der Waals surface area contributed by atoms with Gasteiger partial charge < -0.3 is 9.84 Å². The average molecular weight is 283 g/mol. The summed E-state index contributed by atoms with van der Waals surface area (Å²) in [6, 6.07) is 0.00191. The summed E-state index contributed by atoms with van der Waals surface area (Å²) in [7, 11) is 0. The van der Waals surface area contributed by atoms with E-state index in [0.717, 1.165) is 38.5 Å². The summed E-state index contributed by atoms with van der Waals surface area (Å²) in [4.78, 5) is 24.4. The van der Waals surface area contributed by atoms with Crippen LogP contribution in [-0.2, 0) is 9.53 Å². The van der Waals surface area contributed by atoms with Crippen LogP contribution < -0.4 is 0 Å². The fourth-order valence-electron chi connectivity index (χ4n) is 2.53. The Morgan fingerprint density at radius 2 is 2.05 bits per heavy atom. The quantitative estimate of drug-likeness (QED) is 0.729. The van der Waals surface area contributed by atoms with Crippen LogP contribution in [0.1, 0.15) is 45.4 Å². The maximum Gasteiger partial charge on any atom is 0.410 e. The van der Waals surface area contributed by atoms with E-state index in [4.69, 9.17) is 9.84 Å². The summed E-state index contributed by atoms with van der Waals surface area (Å²) >= 11 is 0. The minimum absolute atomic E-state index is 0.00191. The maximum absolute atomic E-state index is 12.1. The zero-order valence-electron chi connectivity index (χ0n) is 12.2. The molecule has 1 rings (SSSR count). The van der Waals surface area contributed by atoms with Gasteiger partial charge in [0, 0.05) is 6.04 Å². The Morgan fingerprint density at radius 3 is 2.60 bits per heavy atom. The second-order valence-corrected chi connectivity index (χ2v) is 5.52. The van der Waals surface area contributed by atoms with Crippen LogP contribution in [0.5, 0.6) is 0 Å². The van der Waals surface area contributed by atoms with E-state index in [1.54, 1.807) is 6.08 Å². The fourth-order valence-corrected chi connectivity index (χ4v) is 2.53. The van der Waals surface area contributed by atoms with Crippen LogP contribution in [0.4, 0.5) is 4.79 Å². The lowest BCUT2D eigenvalue weighted by atomic mass is 9.94. The number of hydrogen-bond acceptors (Lipinski definition) is 3. The Kier molecular flexibility index (Phi) is 7.12. The molecule has 0 aromatic heterocycles. The molecule has 0 bridgehead atoms. The molecule has 0 aromatic carbocycles. The van der Waals surface area contributed by atoms with E-state index in [9.17, 15) is 9.59 Å². The molecule has 0 unspecified atom stereocenters. The maximum atomic E-state index is 12.1. The van der Waals surface area contributed by atoms with E-state index in [1.807, 2.05) is 6.92 Å². The van der Waals surface area contributed by atoms with E-state index in [1.165, 1.54) is 4.90 Å². The van der Waals surface area contributed by atoms with Crippen LogP contribution in [0.3, 0.4) is 0 Å². The smallest absolute Gasteiger partial charge is 0.410 e. The molecule has 114 valence electrons. The third-order valence-corrected chi connectivity index (χ3v) is 3.62. The highest BCUT2D eigenvalue weighted by molar-refractivity contribution is 5.77. The number of allylic oxidation sites excluding steroid dienone is 1. The van der Waals surface area contributed by atoms with Gasteiger partial charge >= 0.3 is 12.1 Å². The highest BCUT2D eigenvalue weighted by Crippen LogP contribution is 2.23. The van der Waals surface area contributed by atoms with Crippen molar-refractivity contribution in [2.24, 2.45) is 5.92 Å². The highest BCUT2D eigenvalue weighted by Gasteiger charge is 2.28. The number of carbonyl (C=O) groups excluding carboxylic acids is 1. The van der Waals surface area contributed by atoms with Crippen molar-refractivity contribution in [2.75, 3.05) is 13.2 Å². The molecule has 0 spiro atoms. The van der Waals surface area contributed by atoms with Gasteiger partial charge in [-0.15, -0.1) is 6.58 Å². The molecule has 20 heavy (non-hydrogen) atoms. The number of carbonyl (C=O) groups is 2. The molecule has 0 aromatic rings. The van der Waals surface area contributed by atoms with Crippen molar-refractivity contribution < 1.29 is 19.4 Å². The molecule has 1 N–H and O–H groups in total. The number of amides is 1. The number of carboxylic acid groups (broad SMARTS) is 1. The minimum Gasteiger partial charge on any atom is -0.480 e. The van der Waals surface area contributed by atoms with E-state index < -0.39 is 12.1 Å². The van der Waals surface area contributed by atoms with Gasteiger partial charge in [-0.05, 0) is 25.2 Å². The van der Waals surface area contributed by atoms with Crippen molar-refractivity contribution in [3.63, 3.8) is 0 Å². The third kappa shape index (κ3) is 5.63. The molecule has 0 saturated heterocycles. The van der Waals surface area contributed by atoms with Crippen molar-refractivity contribution in [2.45, 2.75) is 51.5 Å². The molecule has 1 saturated carbocycles. The van der Waals surface area contributed by atoms with Crippen molar-refractivity contribution in [3.8, 4) is 0 Å². The Bertz CT molecular complexity index is 337. The SMILES string of the molecule is C=CC[C@@H](C)COC(=O)N(CC(=O)O)C1CCCCC1. The van der Waals surface area contributed by atoms with Crippen molar-refractivity contribution in [3.05, 3.63) is 12.7 Å². The summed E-state index contributed by atoms with van der Waals surface area (Å²) in [6.07, 6.45) is 7.03. The molecule has 0 heterocycles. The summed E-state index contributed by atoms with van der Waals surface area (Å²) < 4.78 is 5.25.